The van der Waals surface area contributed by atoms with Crippen molar-refractivity contribution in [3.63, 3.8) is 0 Å². The smallest absolute Gasteiger partial charge is 0.309 e. The topological polar surface area (TPSA) is 73.9 Å². The minimum absolute atomic E-state index is 0.0420. The second-order valence-electron chi connectivity index (χ2n) is 8.33. The van der Waals surface area contributed by atoms with Crippen molar-refractivity contribution in [2.45, 2.75) is 19.4 Å². The van der Waals surface area contributed by atoms with Gasteiger partial charge in [0.1, 0.15) is 5.75 Å². The lowest BCUT2D eigenvalue weighted by molar-refractivity contribution is -0.139. The Hall–Kier alpha value is -2.90. The third-order valence-corrected chi connectivity index (χ3v) is 5.96. The van der Waals surface area contributed by atoms with Gasteiger partial charge in [-0.05, 0) is 43.7 Å². The van der Waals surface area contributed by atoms with E-state index < -0.39 is 11.8 Å². The van der Waals surface area contributed by atoms with Gasteiger partial charge in [0.25, 0.3) is 0 Å². The van der Waals surface area contributed by atoms with Gasteiger partial charge in [0, 0.05) is 39.3 Å². The maximum Gasteiger partial charge on any atom is 0.309 e. The average Bonchev–Trinajstić information content (AvgIpc) is 2.81. The fourth-order valence-electron chi connectivity index (χ4n) is 3.84. The molecule has 32 heavy (non-hydrogen) atoms. The highest BCUT2D eigenvalue weighted by Crippen LogP contribution is 2.22. The quantitative estimate of drug-likeness (QED) is 0.615. The van der Waals surface area contributed by atoms with E-state index in [2.05, 4.69) is 58.7 Å². The van der Waals surface area contributed by atoms with Crippen molar-refractivity contribution in [3.8, 4) is 5.75 Å². The zero-order chi connectivity index (χ0) is 22.9. The predicted molar refractivity (Wildman–Crippen MR) is 126 cm³/mol. The van der Waals surface area contributed by atoms with Crippen molar-refractivity contribution in [3.05, 3.63) is 65.2 Å². The summed E-state index contributed by atoms with van der Waals surface area (Å²) in [6, 6.07) is 16.1. The van der Waals surface area contributed by atoms with E-state index in [1.54, 1.807) is 7.11 Å². The monoisotopic (exact) mass is 438 g/mol. The minimum atomic E-state index is -0.598. The number of methoxy groups -OCH3 is 1. The molecular formula is C25H34N4O3. The van der Waals surface area contributed by atoms with Gasteiger partial charge in [-0.2, -0.15) is 0 Å². The minimum Gasteiger partial charge on any atom is -0.497 e. The molecular weight excluding hydrogens is 404 g/mol. The number of nitrogens with zero attached hydrogens (tertiary/aromatic N) is 2. The lowest BCUT2D eigenvalue weighted by Crippen LogP contribution is -2.49. The molecule has 7 nitrogen and oxygen atoms in total. The van der Waals surface area contributed by atoms with Crippen LogP contribution < -0.4 is 15.4 Å². The summed E-state index contributed by atoms with van der Waals surface area (Å²) in [5.41, 5.74) is 3.42. The van der Waals surface area contributed by atoms with Crippen molar-refractivity contribution in [2.75, 3.05) is 53.4 Å². The Morgan fingerprint density at radius 3 is 2.19 bits per heavy atom. The van der Waals surface area contributed by atoms with Crippen LogP contribution in [0.2, 0.25) is 0 Å². The highest BCUT2D eigenvalue weighted by Gasteiger charge is 2.25. The Bertz CT molecular complexity index is 875. The van der Waals surface area contributed by atoms with Crippen molar-refractivity contribution in [2.24, 2.45) is 0 Å². The molecule has 1 fully saturated rings. The van der Waals surface area contributed by atoms with Crippen LogP contribution >= 0.6 is 0 Å². The summed E-state index contributed by atoms with van der Waals surface area (Å²) < 4.78 is 5.15. The van der Waals surface area contributed by atoms with Crippen LogP contribution in [-0.2, 0) is 16.0 Å². The molecule has 2 N–H and O–H groups in total. The lowest BCUT2D eigenvalue weighted by Gasteiger charge is -2.38. The van der Waals surface area contributed by atoms with Crippen LogP contribution in [0.15, 0.2) is 48.5 Å². The number of amides is 2. The van der Waals surface area contributed by atoms with Crippen molar-refractivity contribution in [1.29, 1.82) is 0 Å². The third-order valence-electron chi connectivity index (χ3n) is 5.96. The van der Waals surface area contributed by atoms with Gasteiger partial charge in [0.05, 0.1) is 13.2 Å². The number of carbonyl (C=O) groups excluding carboxylic acids is 2. The van der Waals surface area contributed by atoms with Crippen LogP contribution in [0.3, 0.4) is 0 Å². The molecule has 2 aromatic rings. The molecule has 1 aliphatic heterocycles. The number of hydrogen-bond donors (Lipinski definition) is 2. The van der Waals surface area contributed by atoms with E-state index in [1.165, 1.54) is 5.56 Å². The number of hydrogen-bond acceptors (Lipinski definition) is 5. The zero-order valence-corrected chi connectivity index (χ0v) is 19.3. The van der Waals surface area contributed by atoms with Crippen molar-refractivity contribution in [1.82, 2.24) is 20.4 Å². The first-order valence-electron chi connectivity index (χ1n) is 11.1. The first-order chi connectivity index (χ1) is 15.5. The van der Waals surface area contributed by atoms with Crippen LogP contribution in [0.25, 0.3) is 0 Å². The summed E-state index contributed by atoms with van der Waals surface area (Å²) in [6.07, 6.45) is 0.649. The van der Waals surface area contributed by atoms with Gasteiger partial charge in [-0.3, -0.25) is 14.5 Å². The molecule has 2 amide bonds. The van der Waals surface area contributed by atoms with Crippen LogP contribution in [-0.4, -0.2) is 75.0 Å². The van der Waals surface area contributed by atoms with E-state index in [0.717, 1.165) is 43.1 Å². The summed E-state index contributed by atoms with van der Waals surface area (Å²) in [7, 11) is 3.75. The van der Waals surface area contributed by atoms with Crippen LogP contribution in [0, 0.1) is 6.92 Å². The van der Waals surface area contributed by atoms with E-state index >= 15 is 0 Å². The Morgan fingerprint density at radius 1 is 0.938 bits per heavy atom. The molecule has 1 heterocycles. The van der Waals surface area contributed by atoms with Crippen LogP contribution in [0.4, 0.5) is 0 Å². The highest BCUT2D eigenvalue weighted by atomic mass is 16.5. The molecule has 7 heteroatoms. The van der Waals surface area contributed by atoms with Gasteiger partial charge in [-0.1, -0.05) is 42.0 Å². The molecule has 1 saturated heterocycles. The van der Waals surface area contributed by atoms with Gasteiger partial charge in [0.2, 0.25) is 0 Å². The molecule has 172 valence electrons. The molecule has 1 aliphatic rings. The number of ether oxygens (including phenoxy) is 1. The predicted octanol–water partition coefficient (Wildman–Crippen LogP) is 1.77. The Kier molecular flexibility index (Phi) is 8.64. The summed E-state index contributed by atoms with van der Waals surface area (Å²) in [5, 5.41) is 5.56. The second kappa shape index (κ2) is 11.6. The molecule has 0 bridgehead atoms. The van der Waals surface area contributed by atoms with Crippen LogP contribution in [0.1, 0.15) is 22.7 Å². The van der Waals surface area contributed by atoms with Gasteiger partial charge >= 0.3 is 11.8 Å². The van der Waals surface area contributed by atoms with Crippen molar-refractivity contribution < 1.29 is 14.3 Å². The molecule has 2 aromatic carbocycles. The number of benzene rings is 2. The van der Waals surface area contributed by atoms with Gasteiger partial charge in [-0.15, -0.1) is 0 Å². The maximum atomic E-state index is 12.4. The summed E-state index contributed by atoms with van der Waals surface area (Å²) >= 11 is 0. The SMILES string of the molecule is COc1ccc(CCNC(=O)C(=O)NCC(c2ccc(C)cc2)N2CCN(C)CC2)cc1. The molecule has 3 rings (SSSR count). The molecule has 1 unspecified atom stereocenters. The maximum absolute atomic E-state index is 12.4. The number of likely N-dealkylation sites (N-methyl/N-ethyl adjacent to an activating group) is 1. The Balaban J connectivity index is 1.51. The number of carbonyl (C=O) groups is 2. The van der Waals surface area contributed by atoms with E-state index in [0.29, 0.717) is 19.5 Å². The van der Waals surface area contributed by atoms with E-state index in [9.17, 15) is 9.59 Å². The average molecular weight is 439 g/mol. The summed E-state index contributed by atoms with van der Waals surface area (Å²) in [4.78, 5) is 29.4. The first kappa shape index (κ1) is 23.8. The number of rotatable bonds is 8. The largest absolute Gasteiger partial charge is 0.497 e. The van der Waals surface area contributed by atoms with Gasteiger partial charge in [0.15, 0.2) is 0 Å². The van der Waals surface area contributed by atoms with E-state index in [-0.39, 0.29) is 6.04 Å². The first-order valence-corrected chi connectivity index (χ1v) is 11.1. The Morgan fingerprint density at radius 2 is 1.56 bits per heavy atom. The molecule has 0 aliphatic carbocycles. The fourth-order valence-corrected chi connectivity index (χ4v) is 3.84. The van der Waals surface area contributed by atoms with Gasteiger partial charge in [-0.25, -0.2) is 0 Å². The lowest BCUT2D eigenvalue weighted by atomic mass is 10.0. The summed E-state index contributed by atoms with van der Waals surface area (Å²) in [5.74, 6) is -0.397. The van der Waals surface area contributed by atoms with Crippen LogP contribution in [0.5, 0.6) is 5.75 Å². The number of aryl methyl sites for hydroxylation is 1. The second-order valence-corrected chi connectivity index (χ2v) is 8.33. The molecule has 0 spiro atoms. The molecule has 0 radical (unpaired) electrons. The number of nitrogens with one attached hydrogen (secondary N) is 2. The molecule has 0 saturated carbocycles. The molecule has 1 atom stereocenters. The summed E-state index contributed by atoms with van der Waals surface area (Å²) in [6.45, 7) is 6.70. The van der Waals surface area contributed by atoms with E-state index in [1.807, 2.05) is 24.3 Å². The zero-order valence-electron chi connectivity index (χ0n) is 19.3. The molecule has 0 aromatic heterocycles. The standard InChI is InChI=1S/C25H34N4O3/c1-19-4-8-21(9-5-19)23(29-16-14-28(2)15-17-29)18-27-25(31)24(30)26-13-12-20-6-10-22(32-3)11-7-20/h4-11,23H,12-18H2,1-3H3,(H,26,30)(H,27,31). The third kappa shape index (κ3) is 6.80. The highest BCUT2D eigenvalue weighted by molar-refractivity contribution is 6.35. The fraction of sp³-hybridized carbons (Fsp3) is 0.440. The number of piperazine rings is 1. The van der Waals surface area contributed by atoms with Crippen molar-refractivity contribution >= 4 is 11.8 Å². The normalized spacial score (nSPS) is 15.7. The van der Waals surface area contributed by atoms with Gasteiger partial charge < -0.3 is 20.3 Å². The van der Waals surface area contributed by atoms with E-state index in [4.69, 9.17) is 4.74 Å². The Labute approximate surface area is 190 Å².